The van der Waals surface area contributed by atoms with Gasteiger partial charge in [0.1, 0.15) is 22.8 Å². The molecule has 0 aromatic heterocycles. The molecule has 1 saturated carbocycles. The molecule has 216 valence electrons. The van der Waals surface area contributed by atoms with Gasteiger partial charge in [0.25, 0.3) is 0 Å². The van der Waals surface area contributed by atoms with Gasteiger partial charge in [-0.3, -0.25) is 14.4 Å². The summed E-state index contributed by atoms with van der Waals surface area (Å²) in [5.74, 6) is -5.24. The Hall–Kier alpha value is -3.71. The molecule has 0 radical (unpaired) electrons. The maximum absolute atomic E-state index is 14.4. The Kier molecular flexibility index (Phi) is 6.61. The van der Waals surface area contributed by atoms with E-state index >= 15 is 0 Å². The van der Waals surface area contributed by atoms with Crippen LogP contribution in [-0.4, -0.2) is 43.4 Å². The Labute approximate surface area is 240 Å². The number of aliphatic hydroxyl groups is 3. The standard InChI is InChI=1S/C34H38O7/c1-7-8-19-9-11-20(12-10-19)21-13-14-23(36)25-22(21)15-32(5)16-33(6)26(17(2)3)28(37)24(18(4)35)30(39)34(33,41)31(40)27(32)29(25)38/h9-14,17,26,36,38-39,41H,7-8,15-16H2,1-6H3/t26?,32-,33-,34+/m1/s1. The fourth-order valence-electron chi connectivity index (χ4n) is 8.13. The fraction of sp³-hybridized carbons (Fsp3) is 0.441. The molecule has 0 amide bonds. The van der Waals surface area contributed by atoms with Gasteiger partial charge in [-0.15, -0.1) is 0 Å². The molecule has 0 aliphatic heterocycles. The second-order valence-corrected chi connectivity index (χ2v) is 12.9. The molecule has 1 fully saturated rings. The summed E-state index contributed by atoms with van der Waals surface area (Å²) < 4.78 is 0. The highest BCUT2D eigenvalue weighted by Gasteiger charge is 2.72. The number of phenols is 1. The van der Waals surface area contributed by atoms with Gasteiger partial charge in [-0.2, -0.15) is 0 Å². The Morgan fingerprint density at radius 1 is 1.02 bits per heavy atom. The van der Waals surface area contributed by atoms with Gasteiger partial charge in [-0.1, -0.05) is 71.4 Å². The molecule has 3 aliphatic rings. The molecule has 5 rings (SSSR count). The number of phenolic OH excluding ortho intramolecular Hbond substituents is 1. The maximum Gasteiger partial charge on any atom is 0.203 e. The van der Waals surface area contributed by atoms with Crippen LogP contribution < -0.4 is 0 Å². The summed E-state index contributed by atoms with van der Waals surface area (Å²) in [5.41, 5.74) is -2.19. The number of hydrogen-bond donors (Lipinski definition) is 4. The predicted molar refractivity (Wildman–Crippen MR) is 155 cm³/mol. The SMILES string of the molecule is CCCc1ccc(-c2ccc(O)c3c2C[C@]2(C)C[C@]4(C)C(C(C)C)C(=O)C(C(C)=O)=C(O)[C@]4(O)C(=O)C2=C3O)cc1. The van der Waals surface area contributed by atoms with E-state index in [0.29, 0.717) is 5.56 Å². The number of allylic oxidation sites excluding steroid dienone is 1. The number of benzene rings is 2. The number of carbonyl (C=O) groups excluding carboxylic acids is 3. The lowest BCUT2D eigenvalue weighted by atomic mass is 9.43. The van der Waals surface area contributed by atoms with E-state index in [1.54, 1.807) is 26.8 Å². The lowest BCUT2D eigenvalue weighted by Crippen LogP contribution is -2.69. The van der Waals surface area contributed by atoms with Crippen LogP contribution >= 0.6 is 0 Å². The minimum absolute atomic E-state index is 0.0649. The lowest BCUT2D eigenvalue weighted by molar-refractivity contribution is -0.178. The highest BCUT2D eigenvalue weighted by molar-refractivity contribution is 6.24. The molecular weight excluding hydrogens is 520 g/mol. The number of carbonyl (C=O) groups is 3. The first-order valence-corrected chi connectivity index (χ1v) is 14.3. The highest BCUT2D eigenvalue weighted by Crippen LogP contribution is 2.65. The van der Waals surface area contributed by atoms with Crippen molar-refractivity contribution in [2.24, 2.45) is 22.7 Å². The van der Waals surface area contributed by atoms with Gasteiger partial charge < -0.3 is 20.4 Å². The topological polar surface area (TPSA) is 132 Å². The molecule has 2 aromatic rings. The number of aromatic hydroxyl groups is 1. The van der Waals surface area contributed by atoms with Crippen LogP contribution in [0.4, 0.5) is 0 Å². The van der Waals surface area contributed by atoms with Gasteiger partial charge in [0.15, 0.2) is 17.2 Å². The van der Waals surface area contributed by atoms with Crippen molar-refractivity contribution in [1.29, 1.82) is 0 Å². The van der Waals surface area contributed by atoms with Gasteiger partial charge in [-0.05, 0) is 60.4 Å². The highest BCUT2D eigenvalue weighted by atomic mass is 16.3. The number of ketones is 3. The first kappa shape index (κ1) is 28.8. The van der Waals surface area contributed by atoms with Crippen molar-refractivity contribution in [3.63, 3.8) is 0 Å². The molecule has 4 N–H and O–H groups in total. The zero-order valence-corrected chi connectivity index (χ0v) is 24.5. The van der Waals surface area contributed by atoms with Gasteiger partial charge >= 0.3 is 0 Å². The Balaban J connectivity index is 1.77. The van der Waals surface area contributed by atoms with Crippen molar-refractivity contribution in [1.82, 2.24) is 0 Å². The van der Waals surface area contributed by atoms with E-state index in [0.717, 1.165) is 30.9 Å². The summed E-state index contributed by atoms with van der Waals surface area (Å²) in [6.07, 6.45) is 2.27. The van der Waals surface area contributed by atoms with Gasteiger partial charge in [0.05, 0.1) is 5.56 Å². The molecule has 2 aromatic carbocycles. The van der Waals surface area contributed by atoms with Crippen molar-refractivity contribution < 1.29 is 34.8 Å². The van der Waals surface area contributed by atoms with Crippen LogP contribution in [0.5, 0.6) is 5.75 Å². The van der Waals surface area contributed by atoms with Crippen molar-refractivity contribution in [3.05, 3.63) is 70.0 Å². The second-order valence-electron chi connectivity index (χ2n) is 12.9. The minimum Gasteiger partial charge on any atom is -0.508 e. The normalized spacial score (nSPS) is 29.4. The van der Waals surface area contributed by atoms with Crippen LogP contribution in [0.25, 0.3) is 16.9 Å². The second kappa shape index (κ2) is 9.41. The number of fused-ring (bicyclic) bond motifs is 3. The van der Waals surface area contributed by atoms with Crippen LogP contribution in [0.1, 0.15) is 71.1 Å². The van der Waals surface area contributed by atoms with Gasteiger partial charge in [0.2, 0.25) is 5.78 Å². The third-order valence-corrected chi connectivity index (χ3v) is 9.69. The van der Waals surface area contributed by atoms with E-state index < -0.39 is 56.8 Å². The number of hydrogen-bond acceptors (Lipinski definition) is 7. The van der Waals surface area contributed by atoms with Crippen LogP contribution in [0.3, 0.4) is 0 Å². The molecule has 4 atom stereocenters. The van der Waals surface area contributed by atoms with Crippen molar-refractivity contribution in [3.8, 4) is 16.9 Å². The molecule has 0 saturated heterocycles. The molecule has 7 nitrogen and oxygen atoms in total. The summed E-state index contributed by atoms with van der Waals surface area (Å²) >= 11 is 0. The fourth-order valence-corrected chi connectivity index (χ4v) is 8.13. The van der Waals surface area contributed by atoms with Crippen LogP contribution in [0, 0.1) is 22.7 Å². The number of aryl methyl sites for hydroxylation is 1. The van der Waals surface area contributed by atoms with Gasteiger partial charge in [0, 0.05) is 22.3 Å². The van der Waals surface area contributed by atoms with E-state index in [-0.39, 0.29) is 35.6 Å². The van der Waals surface area contributed by atoms with E-state index in [1.807, 2.05) is 19.1 Å². The van der Waals surface area contributed by atoms with Crippen LogP contribution in [0.15, 0.2) is 53.3 Å². The monoisotopic (exact) mass is 558 g/mol. The van der Waals surface area contributed by atoms with Crippen LogP contribution in [-0.2, 0) is 27.2 Å². The zero-order chi connectivity index (χ0) is 30.2. The first-order valence-electron chi connectivity index (χ1n) is 14.3. The summed E-state index contributed by atoms with van der Waals surface area (Å²) in [6.45, 7) is 10.2. The lowest BCUT2D eigenvalue weighted by Gasteiger charge is -2.59. The van der Waals surface area contributed by atoms with E-state index in [4.69, 9.17) is 0 Å². The summed E-state index contributed by atoms with van der Waals surface area (Å²) in [4.78, 5) is 40.6. The Morgan fingerprint density at radius 3 is 2.22 bits per heavy atom. The third-order valence-electron chi connectivity index (χ3n) is 9.69. The van der Waals surface area contributed by atoms with Crippen molar-refractivity contribution >= 4 is 23.1 Å². The first-order chi connectivity index (χ1) is 19.1. The third kappa shape index (κ3) is 3.78. The maximum atomic E-state index is 14.4. The molecule has 0 spiro atoms. The minimum atomic E-state index is -2.61. The molecular formula is C34H38O7. The Morgan fingerprint density at radius 2 is 1.66 bits per heavy atom. The average molecular weight is 559 g/mol. The largest absolute Gasteiger partial charge is 0.508 e. The van der Waals surface area contributed by atoms with Crippen molar-refractivity contribution in [2.75, 3.05) is 0 Å². The van der Waals surface area contributed by atoms with Crippen molar-refractivity contribution in [2.45, 2.75) is 72.8 Å². The summed E-state index contributed by atoms with van der Waals surface area (Å²) in [6, 6.07) is 11.4. The summed E-state index contributed by atoms with van der Waals surface area (Å²) in [5, 5.41) is 46.1. The van der Waals surface area contributed by atoms with E-state index in [1.165, 1.54) is 11.6 Å². The van der Waals surface area contributed by atoms with Crippen LogP contribution in [0.2, 0.25) is 0 Å². The summed E-state index contributed by atoms with van der Waals surface area (Å²) in [7, 11) is 0. The molecule has 0 heterocycles. The molecule has 0 bridgehead atoms. The van der Waals surface area contributed by atoms with E-state index in [9.17, 15) is 34.8 Å². The Bertz CT molecular complexity index is 1560. The zero-order valence-electron chi connectivity index (χ0n) is 24.5. The molecule has 3 aliphatic carbocycles. The molecule has 41 heavy (non-hydrogen) atoms. The molecule has 7 heteroatoms. The van der Waals surface area contributed by atoms with E-state index in [2.05, 4.69) is 19.1 Å². The van der Waals surface area contributed by atoms with Gasteiger partial charge in [-0.25, -0.2) is 0 Å². The molecule has 1 unspecified atom stereocenters. The predicted octanol–water partition coefficient (Wildman–Crippen LogP) is 5.81. The quantitative estimate of drug-likeness (QED) is 0.341. The smallest absolute Gasteiger partial charge is 0.203 e. The number of rotatable bonds is 5. The average Bonchev–Trinajstić information content (AvgIpc) is 2.86. The number of aliphatic hydroxyl groups excluding tert-OH is 2. The number of Topliss-reactive ketones (excluding diaryl/α,β-unsaturated/α-hetero) is 3.